The lowest BCUT2D eigenvalue weighted by molar-refractivity contribution is 0.234. The van der Waals surface area contributed by atoms with Gasteiger partial charge in [-0.1, -0.05) is 61.7 Å². The fraction of sp³-hybridized carbons (Fsp3) is 0.333. The molecule has 1 N–H and O–H groups in total. The molecule has 0 atom stereocenters. The van der Waals surface area contributed by atoms with Crippen LogP contribution in [0.4, 0.5) is 4.79 Å². The summed E-state index contributed by atoms with van der Waals surface area (Å²) in [7, 11) is 0. The molecule has 0 radical (unpaired) electrons. The molecular formula is C21H23N3O. The van der Waals surface area contributed by atoms with Crippen molar-refractivity contribution in [2.24, 2.45) is 0 Å². The van der Waals surface area contributed by atoms with Crippen molar-refractivity contribution in [2.75, 3.05) is 0 Å². The van der Waals surface area contributed by atoms with Crippen molar-refractivity contribution in [1.29, 1.82) is 0 Å². The van der Waals surface area contributed by atoms with E-state index in [2.05, 4.69) is 17.4 Å². The molecule has 1 aliphatic carbocycles. The van der Waals surface area contributed by atoms with Crippen LogP contribution in [-0.4, -0.2) is 21.6 Å². The van der Waals surface area contributed by atoms with E-state index in [-0.39, 0.29) is 12.1 Å². The second-order valence-corrected chi connectivity index (χ2v) is 6.80. The third kappa shape index (κ3) is 3.43. The van der Waals surface area contributed by atoms with Gasteiger partial charge in [-0.25, -0.2) is 14.3 Å². The smallest absolute Gasteiger partial charge is 0.327 e. The summed E-state index contributed by atoms with van der Waals surface area (Å²) in [5.74, 6) is 0.792. The highest BCUT2D eigenvalue weighted by atomic mass is 16.2. The second kappa shape index (κ2) is 7.09. The van der Waals surface area contributed by atoms with Crippen LogP contribution in [0, 0.1) is 0 Å². The van der Waals surface area contributed by atoms with Crippen molar-refractivity contribution in [1.82, 2.24) is 14.9 Å². The van der Waals surface area contributed by atoms with E-state index in [0.29, 0.717) is 6.42 Å². The van der Waals surface area contributed by atoms with E-state index >= 15 is 0 Å². The van der Waals surface area contributed by atoms with E-state index in [4.69, 9.17) is 4.98 Å². The zero-order chi connectivity index (χ0) is 17.1. The zero-order valence-electron chi connectivity index (χ0n) is 14.3. The zero-order valence-corrected chi connectivity index (χ0v) is 14.3. The minimum atomic E-state index is -0.0495. The Hall–Kier alpha value is -2.62. The molecule has 4 rings (SSSR count). The van der Waals surface area contributed by atoms with Crippen molar-refractivity contribution >= 4 is 17.1 Å². The Balaban J connectivity index is 1.67. The average Bonchev–Trinajstić information content (AvgIpc) is 3.01. The molecule has 1 amide bonds. The number of nitrogens with one attached hydrogen (secondary N) is 1. The second-order valence-electron chi connectivity index (χ2n) is 6.80. The summed E-state index contributed by atoms with van der Waals surface area (Å²) in [6.45, 7) is 0. The number of carbonyl (C=O) groups excluding carboxylic acids is 1. The summed E-state index contributed by atoms with van der Waals surface area (Å²) >= 11 is 0. The van der Waals surface area contributed by atoms with E-state index in [1.54, 1.807) is 4.57 Å². The van der Waals surface area contributed by atoms with Crippen molar-refractivity contribution in [3.63, 3.8) is 0 Å². The SMILES string of the molecule is O=C(NC1CCCCC1)n1c(Cc2ccccc2)nc2ccccc21. The maximum absolute atomic E-state index is 13.0. The van der Waals surface area contributed by atoms with Gasteiger partial charge in [0.05, 0.1) is 11.0 Å². The average molecular weight is 333 g/mol. The Labute approximate surface area is 147 Å². The van der Waals surface area contributed by atoms with Gasteiger partial charge in [0.25, 0.3) is 0 Å². The van der Waals surface area contributed by atoms with E-state index in [1.165, 1.54) is 19.3 Å². The number of imidazole rings is 1. The van der Waals surface area contributed by atoms with Gasteiger partial charge in [0.15, 0.2) is 0 Å². The first kappa shape index (κ1) is 15.9. The van der Waals surface area contributed by atoms with Crippen LogP contribution in [0.2, 0.25) is 0 Å². The van der Waals surface area contributed by atoms with Gasteiger partial charge in [-0.2, -0.15) is 0 Å². The quantitative estimate of drug-likeness (QED) is 0.766. The maximum Gasteiger partial charge on any atom is 0.327 e. The summed E-state index contributed by atoms with van der Waals surface area (Å²) in [5, 5.41) is 3.22. The topological polar surface area (TPSA) is 46.9 Å². The van der Waals surface area contributed by atoms with Gasteiger partial charge < -0.3 is 5.32 Å². The lowest BCUT2D eigenvalue weighted by Gasteiger charge is -2.23. The molecule has 25 heavy (non-hydrogen) atoms. The minimum Gasteiger partial charge on any atom is -0.335 e. The Bertz CT molecular complexity index is 863. The number of amides is 1. The molecule has 0 saturated heterocycles. The number of rotatable bonds is 3. The van der Waals surface area contributed by atoms with Crippen molar-refractivity contribution in [2.45, 2.75) is 44.6 Å². The molecule has 128 valence electrons. The molecule has 0 spiro atoms. The molecule has 0 unspecified atom stereocenters. The molecule has 1 aromatic heterocycles. The number of para-hydroxylation sites is 2. The summed E-state index contributed by atoms with van der Waals surface area (Å²) in [6, 6.07) is 18.3. The highest BCUT2D eigenvalue weighted by Crippen LogP contribution is 2.21. The summed E-state index contributed by atoms with van der Waals surface area (Å²) in [4.78, 5) is 17.7. The number of benzene rings is 2. The number of aromatic nitrogens is 2. The molecule has 0 bridgehead atoms. The van der Waals surface area contributed by atoms with Gasteiger partial charge >= 0.3 is 6.03 Å². The van der Waals surface area contributed by atoms with Crippen molar-refractivity contribution in [3.8, 4) is 0 Å². The van der Waals surface area contributed by atoms with E-state index < -0.39 is 0 Å². The fourth-order valence-corrected chi connectivity index (χ4v) is 3.69. The Morgan fingerprint density at radius 3 is 2.52 bits per heavy atom. The molecule has 0 aliphatic heterocycles. The summed E-state index contributed by atoms with van der Waals surface area (Å²) in [6.07, 6.45) is 6.48. The highest BCUT2D eigenvalue weighted by Gasteiger charge is 2.21. The van der Waals surface area contributed by atoms with Gasteiger partial charge in [-0.15, -0.1) is 0 Å². The van der Waals surface area contributed by atoms with Crippen LogP contribution in [0.3, 0.4) is 0 Å². The largest absolute Gasteiger partial charge is 0.335 e. The normalized spacial score (nSPS) is 15.4. The molecule has 4 nitrogen and oxygen atoms in total. The van der Waals surface area contributed by atoms with Gasteiger partial charge in [0, 0.05) is 12.5 Å². The molecule has 4 heteroatoms. The number of nitrogens with zero attached hydrogens (tertiary/aromatic N) is 2. The van der Waals surface area contributed by atoms with Crippen molar-refractivity contribution < 1.29 is 4.79 Å². The molecule has 1 heterocycles. The van der Waals surface area contributed by atoms with Crippen LogP contribution < -0.4 is 5.32 Å². The molecule has 3 aromatic rings. The Kier molecular flexibility index (Phi) is 4.51. The molecule has 2 aromatic carbocycles. The molecule has 1 aliphatic rings. The maximum atomic E-state index is 13.0. The van der Waals surface area contributed by atoms with Gasteiger partial charge in [-0.05, 0) is 30.5 Å². The first-order valence-electron chi connectivity index (χ1n) is 9.12. The van der Waals surface area contributed by atoms with Crippen molar-refractivity contribution in [3.05, 3.63) is 66.0 Å². The lowest BCUT2D eigenvalue weighted by atomic mass is 9.96. The van der Waals surface area contributed by atoms with E-state index in [9.17, 15) is 4.79 Å². The van der Waals surface area contributed by atoms with Crippen LogP contribution in [0.15, 0.2) is 54.6 Å². The van der Waals surface area contributed by atoms with Gasteiger partial charge in [0.2, 0.25) is 0 Å². The van der Waals surface area contributed by atoms with Gasteiger partial charge in [0.1, 0.15) is 5.82 Å². The summed E-state index contributed by atoms with van der Waals surface area (Å²) < 4.78 is 1.76. The van der Waals surface area contributed by atoms with E-state index in [1.807, 2.05) is 42.5 Å². The van der Waals surface area contributed by atoms with Crippen LogP contribution in [-0.2, 0) is 6.42 Å². The third-order valence-corrected chi connectivity index (χ3v) is 4.97. The van der Waals surface area contributed by atoms with Crippen LogP contribution in [0.25, 0.3) is 11.0 Å². The molecular weight excluding hydrogens is 310 g/mol. The fourth-order valence-electron chi connectivity index (χ4n) is 3.69. The predicted molar refractivity (Wildman–Crippen MR) is 99.8 cm³/mol. The van der Waals surface area contributed by atoms with Crippen LogP contribution >= 0.6 is 0 Å². The standard InChI is InChI=1S/C21H23N3O/c25-21(22-17-11-5-2-6-12-17)24-19-14-8-7-13-18(19)23-20(24)15-16-9-3-1-4-10-16/h1,3-4,7-10,13-14,17H,2,5-6,11-12,15H2,(H,22,25). The van der Waals surface area contributed by atoms with Crippen LogP contribution in [0.5, 0.6) is 0 Å². The minimum absolute atomic E-state index is 0.0495. The Morgan fingerprint density at radius 1 is 1.00 bits per heavy atom. The number of hydrogen-bond donors (Lipinski definition) is 1. The lowest BCUT2D eigenvalue weighted by Crippen LogP contribution is -2.39. The third-order valence-electron chi connectivity index (χ3n) is 4.97. The molecule has 1 saturated carbocycles. The first-order chi connectivity index (χ1) is 12.3. The van der Waals surface area contributed by atoms with E-state index in [0.717, 1.165) is 35.3 Å². The number of fused-ring (bicyclic) bond motifs is 1. The Morgan fingerprint density at radius 2 is 1.72 bits per heavy atom. The number of hydrogen-bond acceptors (Lipinski definition) is 2. The highest BCUT2D eigenvalue weighted by molar-refractivity contribution is 5.90. The monoisotopic (exact) mass is 333 g/mol. The predicted octanol–water partition coefficient (Wildman–Crippen LogP) is 4.52. The van der Waals surface area contributed by atoms with Crippen LogP contribution in [0.1, 0.15) is 43.5 Å². The van der Waals surface area contributed by atoms with Gasteiger partial charge in [-0.3, -0.25) is 0 Å². The number of carbonyl (C=O) groups is 1. The first-order valence-corrected chi connectivity index (χ1v) is 9.12. The summed E-state index contributed by atoms with van der Waals surface area (Å²) in [5.41, 5.74) is 2.90. The molecule has 1 fully saturated rings.